The van der Waals surface area contributed by atoms with Gasteiger partial charge in [0, 0.05) is 24.0 Å². The van der Waals surface area contributed by atoms with Gasteiger partial charge in [0.25, 0.3) is 0 Å². The number of hydrogen-bond donors (Lipinski definition) is 1. The predicted octanol–water partition coefficient (Wildman–Crippen LogP) is 4.38. The minimum Gasteiger partial charge on any atom is -0.325 e. The summed E-state index contributed by atoms with van der Waals surface area (Å²) in [5, 5.41) is 8.56. The summed E-state index contributed by atoms with van der Waals surface area (Å²) in [6.07, 6.45) is 1.51. The second kappa shape index (κ2) is 6.31. The number of aromatic nitrogens is 5. The van der Waals surface area contributed by atoms with Crippen molar-refractivity contribution in [1.82, 2.24) is 24.7 Å². The lowest BCUT2D eigenvalue weighted by molar-refractivity contribution is 0.838. The van der Waals surface area contributed by atoms with Crippen molar-refractivity contribution in [3.63, 3.8) is 0 Å². The van der Waals surface area contributed by atoms with E-state index in [1.165, 1.54) is 6.20 Å². The van der Waals surface area contributed by atoms with Crippen LogP contribution < -0.4 is 5.32 Å². The number of nitrogens with zero attached hydrogens (tertiary/aromatic N) is 5. The van der Waals surface area contributed by atoms with Crippen LogP contribution in [0.5, 0.6) is 0 Å². The van der Waals surface area contributed by atoms with Crippen molar-refractivity contribution in [2.75, 3.05) is 5.32 Å². The van der Waals surface area contributed by atoms with E-state index in [0.717, 1.165) is 11.4 Å². The normalized spacial score (nSPS) is 10.8. The van der Waals surface area contributed by atoms with Gasteiger partial charge in [-0.25, -0.2) is 15.0 Å². The molecule has 6 nitrogen and oxygen atoms in total. The first-order chi connectivity index (χ1) is 10.9. The molecule has 0 aliphatic heterocycles. The van der Waals surface area contributed by atoms with Crippen LogP contribution in [0, 0.1) is 13.8 Å². The van der Waals surface area contributed by atoms with Crippen LogP contribution in [0.2, 0.25) is 15.3 Å². The molecule has 3 aromatic rings. The molecule has 0 saturated heterocycles. The number of halogens is 3. The first-order valence-corrected chi connectivity index (χ1v) is 7.72. The lowest BCUT2D eigenvalue weighted by Crippen LogP contribution is -2.06. The summed E-state index contributed by atoms with van der Waals surface area (Å²) in [5.41, 5.74) is 1.54. The summed E-state index contributed by atoms with van der Waals surface area (Å²) < 4.78 is 1.58. The van der Waals surface area contributed by atoms with E-state index in [0.29, 0.717) is 27.5 Å². The van der Waals surface area contributed by atoms with Gasteiger partial charge in [-0.15, -0.1) is 0 Å². The molecule has 3 heterocycles. The first kappa shape index (κ1) is 16.0. The Labute approximate surface area is 147 Å². The number of rotatable bonds is 3. The summed E-state index contributed by atoms with van der Waals surface area (Å²) in [4.78, 5) is 12.4. The Hall–Kier alpha value is -1.89. The molecule has 9 heteroatoms. The highest BCUT2D eigenvalue weighted by atomic mass is 35.5. The second-order valence-corrected chi connectivity index (χ2v) is 6.01. The summed E-state index contributed by atoms with van der Waals surface area (Å²) in [5.74, 6) is 1.66. The average Bonchev–Trinajstić information content (AvgIpc) is 2.78. The summed E-state index contributed by atoms with van der Waals surface area (Å²) >= 11 is 18.0. The Morgan fingerprint density at radius 1 is 1.00 bits per heavy atom. The molecule has 0 bridgehead atoms. The topological polar surface area (TPSA) is 68.5 Å². The number of anilines is 2. The molecule has 0 atom stereocenters. The van der Waals surface area contributed by atoms with E-state index < -0.39 is 0 Å². The number of pyridine rings is 1. The Kier molecular flexibility index (Phi) is 4.39. The van der Waals surface area contributed by atoms with E-state index in [4.69, 9.17) is 34.8 Å². The van der Waals surface area contributed by atoms with Crippen molar-refractivity contribution in [2.45, 2.75) is 13.8 Å². The molecule has 0 spiro atoms. The van der Waals surface area contributed by atoms with Gasteiger partial charge in [0.1, 0.15) is 11.6 Å². The smallest absolute Gasteiger partial charge is 0.224 e. The zero-order valence-electron chi connectivity index (χ0n) is 12.2. The molecular formula is C14H11Cl3N6. The minimum absolute atomic E-state index is 0.165. The molecule has 0 radical (unpaired) electrons. The highest BCUT2D eigenvalue weighted by Gasteiger charge is 2.13. The van der Waals surface area contributed by atoms with Crippen LogP contribution in [0.25, 0.3) is 5.82 Å². The highest BCUT2D eigenvalue weighted by molar-refractivity contribution is 6.35. The Morgan fingerprint density at radius 3 is 2.48 bits per heavy atom. The van der Waals surface area contributed by atoms with Crippen molar-refractivity contribution in [2.24, 2.45) is 0 Å². The van der Waals surface area contributed by atoms with Crippen molar-refractivity contribution in [1.29, 1.82) is 0 Å². The molecule has 3 aromatic heterocycles. The van der Waals surface area contributed by atoms with Crippen LogP contribution in [0.4, 0.5) is 11.6 Å². The maximum Gasteiger partial charge on any atom is 0.224 e. The van der Waals surface area contributed by atoms with Gasteiger partial charge in [0.15, 0.2) is 5.82 Å². The third kappa shape index (κ3) is 3.55. The number of aryl methyl sites for hydroxylation is 2. The Balaban J connectivity index is 2.04. The van der Waals surface area contributed by atoms with Gasteiger partial charge < -0.3 is 5.32 Å². The van der Waals surface area contributed by atoms with Crippen LogP contribution >= 0.6 is 34.8 Å². The fraction of sp³-hybridized carbons (Fsp3) is 0.143. The lowest BCUT2D eigenvalue weighted by atomic mass is 10.4. The quantitative estimate of drug-likeness (QED) is 0.694. The third-order valence-electron chi connectivity index (χ3n) is 2.90. The van der Waals surface area contributed by atoms with Gasteiger partial charge in [-0.2, -0.15) is 9.78 Å². The number of hydrogen-bond acceptors (Lipinski definition) is 5. The Bertz CT molecular complexity index is 857. The van der Waals surface area contributed by atoms with Gasteiger partial charge in [-0.05, 0) is 31.5 Å². The highest BCUT2D eigenvalue weighted by Crippen LogP contribution is 2.26. The standard InChI is InChI=1S/C14H11Cl3N6/c1-7-3-11(21-14(17)19-7)20-12-4-8(2)22-23(12)13-10(16)5-9(15)6-18-13/h3-6H,1-2H3,(H,19,20,21). The molecular weight excluding hydrogens is 359 g/mol. The molecule has 0 aromatic carbocycles. The SMILES string of the molecule is Cc1cc(Nc2cc(C)nn2-c2ncc(Cl)cc2Cl)nc(Cl)n1. The average molecular weight is 370 g/mol. The molecule has 0 amide bonds. The Morgan fingerprint density at radius 2 is 1.78 bits per heavy atom. The van der Waals surface area contributed by atoms with Crippen molar-refractivity contribution >= 4 is 46.4 Å². The van der Waals surface area contributed by atoms with Crippen LogP contribution in [-0.2, 0) is 0 Å². The van der Waals surface area contributed by atoms with E-state index in [-0.39, 0.29) is 5.28 Å². The molecule has 0 saturated carbocycles. The largest absolute Gasteiger partial charge is 0.325 e. The van der Waals surface area contributed by atoms with E-state index in [2.05, 4.69) is 25.4 Å². The molecule has 1 N–H and O–H groups in total. The van der Waals surface area contributed by atoms with Gasteiger partial charge in [0.2, 0.25) is 5.28 Å². The molecule has 0 aliphatic carbocycles. The van der Waals surface area contributed by atoms with E-state index in [1.54, 1.807) is 16.8 Å². The second-order valence-electron chi connectivity index (χ2n) is 4.83. The zero-order valence-corrected chi connectivity index (χ0v) is 14.4. The molecule has 118 valence electrons. The lowest BCUT2D eigenvalue weighted by Gasteiger charge is -2.10. The maximum absolute atomic E-state index is 6.22. The van der Waals surface area contributed by atoms with Crippen molar-refractivity contribution in [3.05, 3.63) is 51.1 Å². The molecule has 23 heavy (non-hydrogen) atoms. The monoisotopic (exact) mass is 368 g/mol. The fourth-order valence-electron chi connectivity index (χ4n) is 2.04. The van der Waals surface area contributed by atoms with Gasteiger partial charge in [-0.3, -0.25) is 0 Å². The fourth-order valence-corrected chi connectivity index (χ4v) is 2.73. The van der Waals surface area contributed by atoms with Crippen LogP contribution in [-0.4, -0.2) is 24.7 Å². The zero-order chi connectivity index (χ0) is 16.6. The van der Waals surface area contributed by atoms with Crippen molar-refractivity contribution in [3.8, 4) is 5.82 Å². The van der Waals surface area contributed by atoms with Gasteiger partial charge in [-0.1, -0.05) is 23.2 Å². The number of nitrogens with one attached hydrogen (secondary N) is 1. The van der Waals surface area contributed by atoms with E-state index in [9.17, 15) is 0 Å². The molecule has 0 unspecified atom stereocenters. The predicted molar refractivity (Wildman–Crippen MR) is 91.2 cm³/mol. The van der Waals surface area contributed by atoms with E-state index in [1.807, 2.05) is 19.9 Å². The van der Waals surface area contributed by atoms with Gasteiger partial charge >= 0.3 is 0 Å². The summed E-state index contributed by atoms with van der Waals surface area (Å²) in [6, 6.07) is 5.23. The summed E-state index contributed by atoms with van der Waals surface area (Å²) in [7, 11) is 0. The van der Waals surface area contributed by atoms with Gasteiger partial charge in [0.05, 0.1) is 15.7 Å². The van der Waals surface area contributed by atoms with Crippen LogP contribution in [0.15, 0.2) is 24.4 Å². The first-order valence-electron chi connectivity index (χ1n) is 6.58. The third-order valence-corrected chi connectivity index (χ3v) is 3.56. The molecule has 0 fully saturated rings. The van der Waals surface area contributed by atoms with Crippen molar-refractivity contribution < 1.29 is 0 Å². The molecule has 3 rings (SSSR count). The molecule has 0 aliphatic rings. The minimum atomic E-state index is 0.165. The summed E-state index contributed by atoms with van der Waals surface area (Å²) in [6.45, 7) is 3.70. The van der Waals surface area contributed by atoms with Crippen LogP contribution in [0.1, 0.15) is 11.4 Å². The maximum atomic E-state index is 6.22. The van der Waals surface area contributed by atoms with Crippen LogP contribution in [0.3, 0.4) is 0 Å². The van der Waals surface area contributed by atoms with E-state index >= 15 is 0 Å².